The fraction of sp³-hybridized carbons (Fsp3) is 0.0800. The molecule has 186 valence electrons. The molecule has 9 nitrogen and oxygen atoms in total. The van der Waals surface area contributed by atoms with Crippen LogP contribution in [0.5, 0.6) is 5.75 Å². The van der Waals surface area contributed by atoms with Crippen molar-refractivity contribution in [3.63, 3.8) is 0 Å². The van der Waals surface area contributed by atoms with Crippen molar-refractivity contribution in [2.45, 2.75) is 11.8 Å². The van der Waals surface area contributed by atoms with Gasteiger partial charge in [0.15, 0.2) is 0 Å². The average molecular weight is 573 g/mol. The summed E-state index contributed by atoms with van der Waals surface area (Å²) in [5, 5.41) is 13.5. The molecule has 3 aromatic carbocycles. The van der Waals surface area contributed by atoms with Crippen LogP contribution < -0.4 is 14.8 Å². The van der Waals surface area contributed by atoms with Gasteiger partial charge in [-0.25, -0.2) is 0 Å². The van der Waals surface area contributed by atoms with Gasteiger partial charge in [-0.2, -0.15) is 8.42 Å². The Morgan fingerprint density at radius 2 is 1.56 bits per heavy atom. The molecule has 0 fully saturated rings. The van der Waals surface area contributed by atoms with Crippen molar-refractivity contribution in [1.29, 1.82) is 0 Å². The fourth-order valence-electron chi connectivity index (χ4n) is 2.87. The van der Waals surface area contributed by atoms with Gasteiger partial charge < -0.3 is 19.9 Å². The van der Waals surface area contributed by atoms with Gasteiger partial charge in [0.05, 0.1) is 0 Å². The van der Waals surface area contributed by atoms with Crippen LogP contribution in [0.3, 0.4) is 0 Å². The van der Waals surface area contributed by atoms with Gasteiger partial charge in [-0.1, -0.05) is 45.8 Å². The van der Waals surface area contributed by atoms with Gasteiger partial charge in [-0.15, -0.1) is 0 Å². The minimum absolute atomic E-state index is 0.00474. The molecular weight excluding hydrogens is 552 g/mol. The highest BCUT2D eigenvalue weighted by atomic mass is 79.9. The van der Waals surface area contributed by atoms with Crippen LogP contribution in [-0.4, -0.2) is 37.9 Å². The lowest BCUT2D eigenvalue weighted by Crippen LogP contribution is -2.37. The van der Waals surface area contributed by atoms with Crippen molar-refractivity contribution in [3.8, 4) is 5.75 Å². The minimum Gasteiger partial charge on any atom is -0.480 e. The highest BCUT2D eigenvalue weighted by Crippen LogP contribution is 2.20. The van der Waals surface area contributed by atoms with Crippen molar-refractivity contribution in [2.24, 2.45) is 0 Å². The van der Waals surface area contributed by atoms with E-state index in [4.69, 9.17) is 9.29 Å². The van der Waals surface area contributed by atoms with Crippen LogP contribution >= 0.6 is 15.9 Å². The predicted octanol–water partition coefficient (Wildman–Crippen LogP) is 3.50. The molecule has 0 aromatic heterocycles. The highest BCUT2D eigenvalue weighted by Gasteiger charge is 2.18. The Hall–Kier alpha value is -3.96. The number of aliphatic carboxylic acids is 1. The van der Waals surface area contributed by atoms with Crippen LogP contribution in [0.25, 0.3) is 6.08 Å². The molecule has 0 aliphatic rings. The van der Waals surface area contributed by atoms with Crippen LogP contribution in [0.15, 0.2) is 87.9 Å². The smallest absolute Gasteiger partial charge is 0.339 e. The van der Waals surface area contributed by atoms with E-state index in [1.165, 1.54) is 42.5 Å². The summed E-state index contributed by atoms with van der Waals surface area (Å²) in [6.07, 6.45) is 1.33. The predicted molar refractivity (Wildman–Crippen MR) is 136 cm³/mol. The van der Waals surface area contributed by atoms with E-state index in [-0.39, 0.29) is 21.9 Å². The monoisotopic (exact) mass is 572 g/mol. The second-order valence-corrected chi connectivity index (χ2v) is 9.98. The zero-order valence-corrected chi connectivity index (χ0v) is 21.3. The molecule has 0 saturated carbocycles. The molecule has 0 bridgehead atoms. The molecule has 0 unspecified atom stereocenters. The van der Waals surface area contributed by atoms with Gasteiger partial charge in [0.2, 0.25) is 0 Å². The van der Waals surface area contributed by atoms with E-state index in [2.05, 4.69) is 26.6 Å². The van der Waals surface area contributed by atoms with Gasteiger partial charge in [-0.3, -0.25) is 14.4 Å². The summed E-state index contributed by atoms with van der Waals surface area (Å²) < 4.78 is 30.9. The molecule has 0 atom stereocenters. The van der Waals surface area contributed by atoms with Gasteiger partial charge >= 0.3 is 16.1 Å². The minimum atomic E-state index is -4.04. The first kappa shape index (κ1) is 26.6. The van der Waals surface area contributed by atoms with E-state index in [1.54, 1.807) is 36.4 Å². The molecule has 0 aliphatic heterocycles. The van der Waals surface area contributed by atoms with E-state index < -0.39 is 34.4 Å². The van der Waals surface area contributed by atoms with E-state index in [0.717, 1.165) is 10.0 Å². The summed E-state index contributed by atoms with van der Waals surface area (Å²) in [4.78, 5) is 36.0. The maximum Gasteiger partial charge on any atom is 0.339 e. The van der Waals surface area contributed by atoms with Gasteiger partial charge in [-0.05, 0) is 67.1 Å². The van der Waals surface area contributed by atoms with E-state index >= 15 is 0 Å². The summed E-state index contributed by atoms with van der Waals surface area (Å²) >= 11 is 3.28. The molecule has 3 aromatic rings. The Balaban J connectivity index is 1.81. The Morgan fingerprint density at radius 3 is 2.14 bits per heavy atom. The first-order chi connectivity index (χ1) is 17.0. The summed E-state index contributed by atoms with van der Waals surface area (Å²) in [6.45, 7) is 1.19. The quantitative estimate of drug-likeness (QED) is 0.263. The number of nitrogens with one attached hydrogen (secondary N) is 2. The van der Waals surface area contributed by atoms with Crippen molar-refractivity contribution < 1.29 is 32.1 Å². The fourth-order valence-corrected chi connectivity index (χ4v) is 4.07. The SMILES string of the molecule is Cc1ccc(S(=O)(=O)Oc2ccc(/C=C(/NC(=O)c3ccc(Br)cc3)C(=O)NCC(=O)O)cc2)cc1. The second kappa shape index (κ2) is 11.6. The molecule has 0 radical (unpaired) electrons. The van der Waals surface area contributed by atoms with Crippen LogP contribution in [0.1, 0.15) is 21.5 Å². The molecule has 3 rings (SSSR count). The molecule has 36 heavy (non-hydrogen) atoms. The third-order valence-corrected chi connectivity index (χ3v) is 6.50. The molecule has 0 aliphatic carbocycles. The van der Waals surface area contributed by atoms with Crippen molar-refractivity contribution in [2.75, 3.05) is 6.54 Å². The Morgan fingerprint density at radius 1 is 0.944 bits per heavy atom. The van der Waals surface area contributed by atoms with Crippen LogP contribution in [0.4, 0.5) is 0 Å². The van der Waals surface area contributed by atoms with Crippen LogP contribution in [0.2, 0.25) is 0 Å². The topological polar surface area (TPSA) is 139 Å². The van der Waals surface area contributed by atoms with Crippen molar-refractivity contribution in [1.82, 2.24) is 10.6 Å². The van der Waals surface area contributed by atoms with Gasteiger partial charge in [0.1, 0.15) is 22.9 Å². The number of halogens is 1. The van der Waals surface area contributed by atoms with E-state index in [1.807, 2.05) is 6.92 Å². The van der Waals surface area contributed by atoms with Crippen LogP contribution in [-0.2, 0) is 19.7 Å². The largest absolute Gasteiger partial charge is 0.480 e. The summed E-state index contributed by atoms with van der Waals surface area (Å²) in [6, 6.07) is 18.4. The molecule has 0 saturated heterocycles. The third kappa shape index (κ3) is 7.52. The number of carboxylic acid groups (broad SMARTS) is 1. The average Bonchev–Trinajstić information content (AvgIpc) is 2.83. The number of rotatable bonds is 9. The van der Waals surface area contributed by atoms with Gasteiger partial charge in [0.25, 0.3) is 11.8 Å². The number of carboxylic acids is 1. The number of carbonyl (C=O) groups is 3. The van der Waals surface area contributed by atoms with E-state index in [0.29, 0.717) is 5.56 Å². The highest BCUT2D eigenvalue weighted by molar-refractivity contribution is 9.10. The Kier molecular flexibility index (Phi) is 8.62. The summed E-state index contributed by atoms with van der Waals surface area (Å²) in [7, 11) is -4.04. The Labute approximate surface area is 216 Å². The van der Waals surface area contributed by atoms with Gasteiger partial charge in [0, 0.05) is 10.0 Å². The normalized spacial score (nSPS) is 11.4. The molecular formula is C25H21BrN2O7S. The lowest BCUT2D eigenvalue weighted by molar-refractivity contribution is -0.137. The zero-order valence-electron chi connectivity index (χ0n) is 18.9. The molecule has 2 amide bonds. The molecule has 3 N–H and O–H groups in total. The maximum absolute atomic E-state index is 12.6. The Bertz CT molecular complexity index is 1400. The number of hydrogen-bond acceptors (Lipinski definition) is 6. The molecule has 11 heteroatoms. The lowest BCUT2D eigenvalue weighted by Gasteiger charge is -2.11. The number of hydrogen-bond donors (Lipinski definition) is 3. The third-order valence-electron chi connectivity index (χ3n) is 4.71. The number of benzene rings is 3. The number of amides is 2. The standard InChI is InChI=1S/C25H21BrN2O7S/c1-16-2-12-21(13-3-16)36(33,34)35-20-10-4-17(5-11-20)14-22(25(32)27-15-23(29)30)28-24(31)18-6-8-19(26)9-7-18/h2-14H,15H2,1H3,(H,27,32)(H,28,31)(H,29,30)/b22-14+. The molecule has 0 heterocycles. The summed E-state index contributed by atoms with van der Waals surface area (Å²) in [5.74, 6) is -2.60. The maximum atomic E-state index is 12.6. The van der Waals surface area contributed by atoms with Crippen molar-refractivity contribution in [3.05, 3.63) is 99.7 Å². The zero-order chi connectivity index (χ0) is 26.3. The number of aryl methyl sites for hydroxylation is 1. The first-order valence-electron chi connectivity index (χ1n) is 10.4. The first-order valence-corrected chi connectivity index (χ1v) is 12.6. The lowest BCUT2D eigenvalue weighted by atomic mass is 10.1. The van der Waals surface area contributed by atoms with Crippen molar-refractivity contribution >= 4 is 49.9 Å². The van der Waals surface area contributed by atoms with E-state index in [9.17, 15) is 22.8 Å². The summed E-state index contributed by atoms with van der Waals surface area (Å²) in [5.41, 5.74) is 1.40. The number of carbonyl (C=O) groups excluding carboxylic acids is 2. The molecule has 0 spiro atoms. The second-order valence-electron chi connectivity index (χ2n) is 7.51. The van der Waals surface area contributed by atoms with Crippen LogP contribution in [0, 0.1) is 6.92 Å².